The monoisotopic (exact) mass is 145 g/mol. The van der Waals surface area contributed by atoms with Crippen LogP contribution in [0.4, 0.5) is 0 Å². The molecule has 0 aromatic heterocycles. The fourth-order valence-electron chi connectivity index (χ4n) is 0. The summed E-state index contributed by atoms with van der Waals surface area (Å²) in [5.41, 5.74) is 6.64. The summed E-state index contributed by atoms with van der Waals surface area (Å²) >= 11 is 0. The van der Waals surface area contributed by atoms with E-state index in [1.807, 2.05) is 0 Å². The maximum absolute atomic E-state index is 8.12. The van der Waals surface area contributed by atoms with Gasteiger partial charge >= 0.3 is 6.15 Å². The molecule has 0 heterocycles. The van der Waals surface area contributed by atoms with E-state index >= 15 is 0 Å². The molecule has 3 N–H and O–H groups in total. The minimum atomic E-state index is 0. The minimum absolute atomic E-state index is 0. The smallest absolute Gasteiger partial charge is 0.344 e. The first-order chi connectivity index (χ1) is 2.83. The molecule has 0 saturated carbocycles. The van der Waals surface area contributed by atoms with Crippen LogP contribution in [-0.2, 0) is 9.59 Å². The van der Waals surface area contributed by atoms with E-state index in [4.69, 9.17) is 20.0 Å². The molecule has 0 aliphatic carbocycles. The van der Waals surface area contributed by atoms with Crippen molar-refractivity contribution in [1.82, 2.24) is 11.1 Å². The second-order valence-electron chi connectivity index (χ2n) is 0.165. The third-order valence-corrected chi connectivity index (χ3v) is 0. The molecule has 7 heteroatoms. The van der Waals surface area contributed by atoms with Gasteiger partial charge in [0.2, 0.25) is 0 Å². The molecule has 0 bridgehead atoms. The Morgan fingerprint density at radius 3 is 1.38 bits per heavy atom. The van der Waals surface area contributed by atoms with E-state index in [2.05, 4.69) is 0 Å². The zero-order valence-electron chi connectivity index (χ0n) is 3.68. The molecule has 0 aliphatic rings. The zero-order valence-corrected chi connectivity index (χ0v) is 4.39. The first-order valence-electron chi connectivity index (χ1n) is 0.791. The van der Waals surface area contributed by atoms with Crippen LogP contribution in [0.1, 0.15) is 0 Å². The van der Waals surface area contributed by atoms with Crippen LogP contribution in [0.25, 0.3) is 5.53 Å². The second kappa shape index (κ2) is 66.2. The van der Waals surface area contributed by atoms with Gasteiger partial charge in [-0.25, -0.2) is 0 Å². The van der Waals surface area contributed by atoms with E-state index in [-0.39, 0.29) is 50.0 Å². The van der Waals surface area contributed by atoms with Gasteiger partial charge < -0.3 is 6.15 Å². The van der Waals surface area contributed by atoms with Crippen molar-refractivity contribution in [2.45, 2.75) is 0 Å². The van der Waals surface area contributed by atoms with Crippen LogP contribution < -0.4 is 11.1 Å². The van der Waals surface area contributed by atoms with E-state index < -0.39 is 0 Å². The standard InChI is InChI=1S/CO2.Ar.N2O.H3N/c2-1-3;;1-2-3;/h;;;1H3. The summed E-state index contributed by atoms with van der Waals surface area (Å²) in [4.78, 5) is 25.6. The molecule has 0 spiro atoms. The van der Waals surface area contributed by atoms with E-state index in [0.717, 1.165) is 0 Å². The van der Waals surface area contributed by atoms with Crippen molar-refractivity contribution < 1.29 is 47.3 Å². The quantitative estimate of drug-likeness (QED) is 0.361. The Labute approximate surface area is 74.7 Å². The number of rotatable bonds is 0. The molecule has 0 aromatic rings. The van der Waals surface area contributed by atoms with E-state index in [0.29, 0.717) is 0 Å². The molecule has 48 valence electrons. The number of hydrogen-bond acceptors (Lipinski definition) is 4. The topological polar surface area (TPSA) is 123 Å². The van der Waals surface area contributed by atoms with Crippen molar-refractivity contribution in [3.05, 3.63) is 10.4 Å². The predicted molar refractivity (Wildman–Crippen MR) is 18.9 cm³/mol. The van der Waals surface area contributed by atoms with Crippen molar-refractivity contribution in [3.63, 3.8) is 0 Å². The first-order valence-corrected chi connectivity index (χ1v) is 0.791. The number of carbonyl (C=O) groups excluding carboxylic acids is 2. The van der Waals surface area contributed by atoms with Crippen LogP contribution in [0.15, 0.2) is 0 Å². The fourth-order valence-corrected chi connectivity index (χ4v) is 0. The maximum atomic E-state index is 8.12. The van der Waals surface area contributed by atoms with Crippen LogP contribution in [0.2, 0.25) is 0 Å². The normalized spacial score (nSPS) is 2.00. The van der Waals surface area contributed by atoms with Crippen molar-refractivity contribution in [2.24, 2.45) is 0 Å². The van der Waals surface area contributed by atoms with Crippen LogP contribution >= 0.6 is 0 Å². The van der Waals surface area contributed by atoms with Crippen molar-refractivity contribution >= 4 is 6.15 Å². The summed E-state index contributed by atoms with van der Waals surface area (Å²) in [7, 11) is 0. The zero-order chi connectivity index (χ0) is 5.41. The van der Waals surface area contributed by atoms with Gasteiger partial charge in [0.1, 0.15) is 4.97 Å². The number of hydrogen-bond donors (Lipinski definition) is 1. The summed E-state index contributed by atoms with van der Waals surface area (Å²) in [5.74, 6) is 0. The fraction of sp³-hybridized carbons (Fsp3) is 0. The molecule has 0 saturated heterocycles. The number of nitroso groups, excluding NO2 is 1. The van der Waals surface area contributed by atoms with Gasteiger partial charge in [0.05, 0.1) is 0 Å². The molecule has 0 unspecified atom stereocenters. The summed E-state index contributed by atoms with van der Waals surface area (Å²) in [6.45, 7) is 0. The van der Waals surface area contributed by atoms with Gasteiger partial charge in [-0.3, -0.25) is 5.53 Å². The summed E-state index contributed by atoms with van der Waals surface area (Å²) in [6, 6.07) is 0. The Kier molecular flexibility index (Phi) is 204. The molecule has 6 nitrogen and oxygen atoms in total. The largest absolute Gasteiger partial charge is 0.373 e. The second-order valence-corrected chi connectivity index (χ2v) is 0.165. The van der Waals surface area contributed by atoms with E-state index in [9.17, 15) is 0 Å². The Bertz CT molecular complexity index is 68.5. The van der Waals surface area contributed by atoms with Gasteiger partial charge in [0, 0.05) is 37.7 Å². The van der Waals surface area contributed by atoms with Crippen LogP contribution in [0.5, 0.6) is 0 Å². The maximum Gasteiger partial charge on any atom is 0.373 e. The average molecular weight is 145 g/mol. The summed E-state index contributed by atoms with van der Waals surface area (Å²) < 4.78 is 0. The molecule has 8 heavy (non-hydrogen) atoms. The third kappa shape index (κ3) is 17500. The van der Waals surface area contributed by atoms with Crippen molar-refractivity contribution in [3.8, 4) is 0 Å². The Balaban J connectivity index is -0.0000000160. The molecule has 0 rings (SSSR count). The van der Waals surface area contributed by atoms with Gasteiger partial charge in [0.25, 0.3) is 0 Å². The van der Waals surface area contributed by atoms with Gasteiger partial charge in [-0.2, -0.15) is 9.59 Å². The molecule has 0 atom stereocenters. The molecule has 0 aliphatic heterocycles. The number of nitrogens with zero attached hydrogens (tertiary/aromatic N) is 2. The van der Waals surface area contributed by atoms with Gasteiger partial charge in [-0.15, -0.1) is 0 Å². The van der Waals surface area contributed by atoms with E-state index in [1.165, 1.54) is 4.97 Å². The Hall–Kier alpha value is -0.0903. The van der Waals surface area contributed by atoms with Gasteiger partial charge in [-0.05, 0) is 0 Å². The van der Waals surface area contributed by atoms with Crippen LogP contribution in [-0.4, -0.2) is 6.15 Å². The van der Waals surface area contributed by atoms with Crippen LogP contribution in [0, 0.1) is 42.6 Å². The summed E-state index contributed by atoms with van der Waals surface area (Å²) in [5, 5.41) is 0. The third-order valence-electron chi connectivity index (χ3n) is 0. The predicted octanol–water partition coefficient (Wildman–Crippen LogP) is -0.580. The molecular formula is CH3ArN3O3. The Morgan fingerprint density at radius 1 is 1.38 bits per heavy atom. The summed E-state index contributed by atoms with van der Waals surface area (Å²) in [6.07, 6.45) is 0.250. The molecule has 0 amide bonds. The molecular weight excluding hydrogens is 142 g/mol. The van der Waals surface area contributed by atoms with Crippen molar-refractivity contribution in [2.75, 3.05) is 0 Å². The minimum Gasteiger partial charge on any atom is -0.344 e. The average Bonchev–Trinajstić information content (AvgIpc) is 1.39. The molecule has 0 aromatic carbocycles. The molecule has 0 fully saturated rings. The van der Waals surface area contributed by atoms with Gasteiger partial charge in [0.15, 0.2) is 4.91 Å². The molecule has 0 radical (unpaired) electrons. The van der Waals surface area contributed by atoms with E-state index in [1.54, 1.807) is 0 Å². The Morgan fingerprint density at radius 2 is 1.38 bits per heavy atom. The van der Waals surface area contributed by atoms with Crippen molar-refractivity contribution in [1.29, 1.82) is 0 Å². The van der Waals surface area contributed by atoms with Crippen LogP contribution in [0.3, 0.4) is 0 Å². The first kappa shape index (κ1) is 24.7. The SMILES string of the molecule is N.O=C=O.[Ar].[N-]=[N+]=O. The van der Waals surface area contributed by atoms with Gasteiger partial charge in [-0.1, -0.05) is 0 Å².